The summed E-state index contributed by atoms with van der Waals surface area (Å²) in [4.78, 5) is 13.9. The second-order valence-electron chi connectivity index (χ2n) is 6.97. The van der Waals surface area contributed by atoms with Crippen LogP contribution >= 0.6 is 0 Å². The van der Waals surface area contributed by atoms with E-state index in [9.17, 15) is 13.2 Å². The van der Waals surface area contributed by atoms with Gasteiger partial charge >= 0.3 is 0 Å². The van der Waals surface area contributed by atoms with Gasteiger partial charge in [0, 0.05) is 13.1 Å². The number of nitrogens with zero attached hydrogens (tertiary/aromatic N) is 1. The SMILES string of the molecule is CCCS(=O)(=O)CC(=O)N1CCCC(C(C)(C)C)CC1. The van der Waals surface area contributed by atoms with E-state index in [0.717, 1.165) is 19.3 Å². The minimum absolute atomic E-state index is 0.108. The van der Waals surface area contributed by atoms with Gasteiger partial charge in [0.15, 0.2) is 9.84 Å². The van der Waals surface area contributed by atoms with Gasteiger partial charge < -0.3 is 4.90 Å². The summed E-state index contributed by atoms with van der Waals surface area (Å²) in [6, 6.07) is 0. The molecule has 0 aromatic rings. The molecule has 0 aromatic heterocycles. The van der Waals surface area contributed by atoms with Crippen molar-refractivity contribution in [3.63, 3.8) is 0 Å². The molecular weight excluding hydrogens is 274 g/mol. The van der Waals surface area contributed by atoms with Crippen molar-refractivity contribution in [3.05, 3.63) is 0 Å². The first-order valence-electron chi connectivity index (χ1n) is 7.64. The molecule has 5 heteroatoms. The van der Waals surface area contributed by atoms with Crippen LogP contribution in [0.1, 0.15) is 53.4 Å². The van der Waals surface area contributed by atoms with E-state index in [1.807, 2.05) is 6.92 Å². The molecule has 1 saturated heterocycles. The highest BCUT2D eigenvalue weighted by atomic mass is 32.2. The van der Waals surface area contributed by atoms with Gasteiger partial charge in [0.25, 0.3) is 0 Å². The van der Waals surface area contributed by atoms with Crippen LogP contribution in [-0.4, -0.2) is 43.8 Å². The van der Waals surface area contributed by atoms with E-state index in [2.05, 4.69) is 20.8 Å². The van der Waals surface area contributed by atoms with Crippen molar-refractivity contribution in [1.82, 2.24) is 4.90 Å². The van der Waals surface area contributed by atoms with Crippen molar-refractivity contribution >= 4 is 15.7 Å². The van der Waals surface area contributed by atoms with Crippen molar-refractivity contribution in [2.24, 2.45) is 11.3 Å². The van der Waals surface area contributed by atoms with Gasteiger partial charge in [-0.15, -0.1) is 0 Å². The summed E-state index contributed by atoms with van der Waals surface area (Å²) in [7, 11) is -3.23. The molecule has 1 aliphatic rings. The highest BCUT2D eigenvalue weighted by Gasteiger charge is 2.29. The lowest BCUT2D eigenvalue weighted by Gasteiger charge is -2.29. The number of carbonyl (C=O) groups is 1. The molecule has 1 fully saturated rings. The number of amides is 1. The number of hydrogen-bond acceptors (Lipinski definition) is 3. The molecule has 1 aliphatic heterocycles. The smallest absolute Gasteiger partial charge is 0.237 e. The van der Waals surface area contributed by atoms with Crippen LogP contribution in [0.5, 0.6) is 0 Å². The number of sulfone groups is 1. The Balaban J connectivity index is 2.59. The highest BCUT2D eigenvalue weighted by molar-refractivity contribution is 7.92. The minimum atomic E-state index is -3.23. The van der Waals surface area contributed by atoms with Gasteiger partial charge in [-0.3, -0.25) is 4.79 Å². The fraction of sp³-hybridized carbons (Fsp3) is 0.933. The Morgan fingerprint density at radius 3 is 2.40 bits per heavy atom. The lowest BCUT2D eigenvalue weighted by atomic mass is 9.77. The van der Waals surface area contributed by atoms with E-state index in [1.165, 1.54) is 0 Å². The van der Waals surface area contributed by atoms with Crippen LogP contribution in [0.4, 0.5) is 0 Å². The number of likely N-dealkylation sites (tertiary alicyclic amines) is 1. The Labute approximate surface area is 123 Å². The van der Waals surface area contributed by atoms with Crippen LogP contribution in [0.3, 0.4) is 0 Å². The molecule has 1 amide bonds. The summed E-state index contributed by atoms with van der Waals surface area (Å²) in [6.45, 7) is 9.93. The second-order valence-corrected chi connectivity index (χ2v) is 9.15. The molecule has 1 heterocycles. The summed E-state index contributed by atoms with van der Waals surface area (Å²) in [5.41, 5.74) is 0.257. The zero-order valence-corrected chi connectivity index (χ0v) is 14.1. The van der Waals surface area contributed by atoms with Crippen LogP contribution in [0.2, 0.25) is 0 Å². The van der Waals surface area contributed by atoms with Crippen molar-refractivity contribution in [2.75, 3.05) is 24.6 Å². The lowest BCUT2D eigenvalue weighted by molar-refractivity contribution is -0.128. The molecule has 4 nitrogen and oxygen atoms in total. The average molecular weight is 303 g/mol. The van der Waals surface area contributed by atoms with E-state index in [-0.39, 0.29) is 22.8 Å². The van der Waals surface area contributed by atoms with Crippen molar-refractivity contribution in [2.45, 2.75) is 53.4 Å². The first-order chi connectivity index (χ1) is 9.15. The Bertz CT molecular complexity index is 423. The van der Waals surface area contributed by atoms with Crippen molar-refractivity contribution < 1.29 is 13.2 Å². The van der Waals surface area contributed by atoms with Crippen LogP contribution in [0, 0.1) is 11.3 Å². The summed E-state index contributed by atoms with van der Waals surface area (Å²) in [6.07, 6.45) is 3.64. The Morgan fingerprint density at radius 1 is 1.20 bits per heavy atom. The van der Waals surface area contributed by atoms with Crippen molar-refractivity contribution in [1.29, 1.82) is 0 Å². The predicted molar refractivity (Wildman–Crippen MR) is 82.3 cm³/mol. The molecule has 0 saturated carbocycles. The van der Waals surface area contributed by atoms with Gasteiger partial charge in [-0.25, -0.2) is 8.42 Å². The van der Waals surface area contributed by atoms with Crippen LogP contribution in [0.25, 0.3) is 0 Å². The van der Waals surface area contributed by atoms with Crippen LogP contribution in [-0.2, 0) is 14.6 Å². The normalized spacial score (nSPS) is 21.6. The van der Waals surface area contributed by atoms with E-state index < -0.39 is 9.84 Å². The van der Waals surface area contributed by atoms with Gasteiger partial charge in [0.1, 0.15) is 5.75 Å². The predicted octanol–water partition coefficient (Wildman–Crippen LogP) is 2.49. The molecule has 1 atom stereocenters. The highest BCUT2D eigenvalue weighted by Crippen LogP contribution is 2.34. The van der Waals surface area contributed by atoms with Gasteiger partial charge in [-0.05, 0) is 37.0 Å². The molecule has 0 spiro atoms. The van der Waals surface area contributed by atoms with E-state index >= 15 is 0 Å². The maximum absolute atomic E-state index is 12.1. The van der Waals surface area contributed by atoms with E-state index in [0.29, 0.717) is 25.4 Å². The maximum atomic E-state index is 12.1. The van der Waals surface area contributed by atoms with Crippen molar-refractivity contribution in [3.8, 4) is 0 Å². The molecule has 0 radical (unpaired) electrons. The Hall–Kier alpha value is -0.580. The summed E-state index contributed by atoms with van der Waals surface area (Å²) >= 11 is 0. The number of carbonyl (C=O) groups excluding carboxylic acids is 1. The van der Waals surface area contributed by atoms with E-state index in [1.54, 1.807) is 4.90 Å². The maximum Gasteiger partial charge on any atom is 0.237 e. The number of hydrogen-bond donors (Lipinski definition) is 0. The van der Waals surface area contributed by atoms with Gasteiger partial charge in [0.2, 0.25) is 5.91 Å². The van der Waals surface area contributed by atoms with Crippen LogP contribution < -0.4 is 0 Å². The fourth-order valence-electron chi connectivity index (χ4n) is 2.87. The quantitative estimate of drug-likeness (QED) is 0.802. The first-order valence-corrected chi connectivity index (χ1v) is 9.46. The largest absolute Gasteiger partial charge is 0.342 e. The minimum Gasteiger partial charge on any atom is -0.342 e. The zero-order chi connectivity index (χ0) is 15.4. The van der Waals surface area contributed by atoms with Crippen LogP contribution in [0.15, 0.2) is 0 Å². The van der Waals surface area contributed by atoms with E-state index in [4.69, 9.17) is 0 Å². The summed E-state index contributed by atoms with van der Waals surface area (Å²) in [5.74, 6) is 0.179. The molecule has 118 valence electrons. The number of rotatable bonds is 4. The third-order valence-electron chi connectivity index (χ3n) is 4.16. The Morgan fingerprint density at radius 2 is 1.85 bits per heavy atom. The standard InChI is InChI=1S/C15H29NO3S/c1-5-11-20(18,19)12-14(17)16-9-6-7-13(8-10-16)15(2,3)4/h13H,5-12H2,1-4H3. The molecule has 1 unspecified atom stereocenters. The summed E-state index contributed by atoms with van der Waals surface area (Å²) < 4.78 is 23.5. The molecular formula is C15H29NO3S. The zero-order valence-electron chi connectivity index (χ0n) is 13.3. The molecule has 1 rings (SSSR count). The molecule has 20 heavy (non-hydrogen) atoms. The molecule has 0 aliphatic carbocycles. The lowest BCUT2D eigenvalue weighted by Crippen LogP contribution is -2.37. The average Bonchev–Trinajstić information content (AvgIpc) is 2.52. The first kappa shape index (κ1) is 17.5. The topological polar surface area (TPSA) is 54.5 Å². The van der Waals surface area contributed by atoms with Gasteiger partial charge in [-0.2, -0.15) is 0 Å². The third-order valence-corrected chi connectivity index (χ3v) is 5.88. The summed E-state index contributed by atoms with van der Waals surface area (Å²) in [5, 5.41) is 0. The van der Waals surface area contributed by atoms with Gasteiger partial charge in [0.05, 0.1) is 5.75 Å². The second kappa shape index (κ2) is 6.92. The molecule has 0 N–H and O–H groups in total. The fourth-order valence-corrected chi connectivity index (χ4v) is 4.20. The molecule has 0 aromatic carbocycles. The monoisotopic (exact) mass is 303 g/mol. The van der Waals surface area contributed by atoms with Gasteiger partial charge in [-0.1, -0.05) is 27.7 Å². The Kier molecular flexibility index (Phi) is 6.05. The molecule has 0 bridgehead atoms. The third kappa shape index (κ3) is 5.43.